The van der Waals surface area contributed by atoms with Crippen LogP contribution in [0, 0.1) is 6.92 Å². The second kappa shape index (κ2) is 8.39. The van der Waals surface area contributed by atoms with E-state index in [0.717, 1.165) is 4.57 Å². The molecule has 0 aromatic carbocycles. The van der Waals surface area contributed by atoms with Crippen LogP contribution in [-0.2, 0) is 16.1 Å². The van der Waals surface area contributed by atoms with Crippen molar-refractivity contribution in [2.45, 2.75) is 44.7 Å². The first-order valence-electron chi connectivity index (χ1n) is 8.12. The lowest BCUT2D eigenvalue weighted by molar-refractivity contribution is -0.121. The number of ether oxygens (including phenoxy) is 1. The Morgan fingerprint density at radius 2 is 2.20 bits per heavy atom. The van der Waals surface area contributed by atoms with E-state index in [1.54, 1.807) is 0 Å². The Morgan fingerprint density at radius 3 is 2.80 bits per heavy atom. The molecule has 10 heteroatoms. The van der Waals surface area contributed by atoms with Crippen LogP contribution < -0.4 is 22.3 Å². The van der Waals surface area contributed by atoms with Crippen molar-refractivity contribution in [3.05, 3.63) is 32.6 Å². The summed E-state index contributed by atoms with van der Waals surface area (Å²) in [6, 6.07) is 0. The summed E-state index contributed by atoms with van der Waals surface area (Å²) in [6.45, 7) is 1.51. The normalized spacial score (nSPS) is 23.0. The summed E-state index contributed by atoms with van der Waals surface area (Å²) in [7, 11) is 0. The van der Waals surface area contributed by atoms with Crippen LogP contribution in [0.1, 0.15) is 24.6 Å². The number of nitrogens with one attached hydrogen (secondary N) is 1. The van der Waals surface area contributed by atoms with E-state index in [-0.39, 0.29) is 18.6 Å². The highest BCUT2D eigenvalue weighted by atomic mass is 16.5. The zero-order chi connectivity index (χ0) is 18.6. The SMILES string of the molecule is Cc1cn([C@H]2C[C@H](O)[C@@H](CO)O2)c(=O)n(CC(=O)NCCCN)c1=O. The molecular weight excluding hydrogens is 332 g/mol. The molecule has 0 saturated carbocycles. The molecule has 0 radical (unpaired) electrons. The van der Waals surface area contributed by atoms with Gasteiger partial charge in [0.05, 0.1) is 12.7 Å². The third-order valence-electron chi connectivity index (χ3n) is 4.07. The number of nitrogens with two attached hydrogens (primary N) is 1. The first kappa shape index (κ1) is 19.3. The van der Waals surface area contributed by atoms with E-state index in [1.165, 1.54) is 17.7 Å². The van der Waals surface area contributed by atoms with Crippen molar-refractivity contribution in [3.8, 4) is 0 Å². The second-order valence-electron chi connectivity index (χ2n) is 6.00. The van der Waals surface area contributed by atoms with Crippen LogP contribution in [0.3, 0.4) is 0 Å². The van der Waals surface area contributed by atoms with Crippen molar-refractivity contribution in [2.75, 3.05) is 19.7 Å². The number of aromatic nitrogens is 2. The van der Waals surface area contributed by atoms with Crippen molar-refractivity contribution in [1.29, 1.82) is 0 Å². The molecule has 25 heavy (non-hydrogen) atoms. The number of hydrogen-bond donors (Lipinski definition) is 4. The lowest BCUT2D eigenvalue weighted by atomic mass is 10.2. The summed E-state index contributed by atoms with van der Waals surface area (Å²) in [6.07, 6.45) is -0.490. The Balaban J connectivity index is 2.27. The van der Waals surface area contributed by atoms with Crippen molar-refractivity contribution < 1.29 is 19.7 Å². The van der Waals surface area contributed by atoms with Gasteiger partial charge in [-0.15, -0.1) is 0 Å². The zero-order valence-electron chi connectivity index (χ0n) is 14.1. The van der Waals surface area contributed by atoms with Gasteiger partial charge in [0.25, 0.3) is 5.56 Å². The van der Waals surface area contributed by atoms with Crippen molar-refractivity contribution in [2.24, 2.45) is 5.73 Å². The van der Waals surface area contributed by atoms with Crippen LogP contribution in [0.15, 0.2) is 15.8 Å². The van der Waals surface area contributed by atoms with Gasteiger partial charge >= 0.3 is 5.69 Å². The van der Waals surface area contributed by atoms with Crippen LogP contribution >= 0.6 is 0 Å². The molecule has 1 fully saturated rings. The van der Waals surface area contributed by atoms with Gasteiger partial charge in [-0.2, -0.15) is 0 Å². The van der Waals surface area contributed by atoms with E-state index in [4.69, 9.17) is 15.6 Å². The predicted octanol–water partition coefficient (Wildman–Crippen LogP) is -2.58. The molecule has 3 atom stereocenters. The zero-order valence-corrected chi connectivity index (χ0v) is 14.1. The van der Waals surface area contributed by atoms with E-state index in [0.29, 0.717) is 19.5 Å². The molecule has 0 spiro atoms. The number of carbonyl (C=O) groups is 1. The fraction of sp³-hybridized carbons (Fsp3) is 0.667. The van der Waals surface area contributed by atoms with Gasteiger partial charge in [0.1, 0.15) is 18.9 Å². The summed E-state index contributed by atoms with van der Waals surface area (Å²) in [5, 5.41) is 21.6. The number of amides is 1. The molecule has 1 saturated heterocycles. The van der Waals surface area contributed by atoms with Crippen LogP contribution in [0.2, 0.25) is 0 Å². The van der Waals surface area contributed by atoms with Gasteiger partial charge in [-0.3, -0.25) is 18.7 Å². The van der Waals surface area contributed by atoms with Crippen molar-refractivity contribution in [3.63, 3.8) is 0 Å². The molecule has 5 N–H and O–H groups in total. The lowest BCUT2D eigenvalue weighted by Crippen LogP contribution is -2.45. The summed E-state index contributed by atoms with van der Waals surface area (Å²) < 4.78 is 7.46. The molecule has 1 aromatic heterocycles. The monoisotopic (exact) mass is 356 g/mol. The minimum atomic E-state index is -0.915. The predicted molar refractivity (Wildman–Crippen MR) is 88.0 cm³/mol. The van der Waals surface area contributed by atoms with E-state index in [9.17, 15) is 19.5 Å². The molecule has 10 nitrogen and oxygen atoms in total. The lowest BCUT2D eigenvalue weighted by Gasteiger charge is -2.17. The maximum atomic E-state index is 12.6. The number of rotatable bonds is 7. The van der Waals surface area contributed by atoms with Gasteiger partial charge in [-0.1, -0.05) is 0 Å². The molecule has 0 bridgehead atoms. The Bertz CT molecular complexity index is 728. The summed E-state index contributed by atoms with van der Waals surface area (Å²) in [5.74, 6) is -0.467. The molecular formula is C15H24N4O6. The average Bonchev–Trinajstić information content (AvgIpc) is 2.96. The van der Waals surface area contributed by atoms with Gasteiger partial charge in [-0.05, 0) is 19.9 Å². The van der Waals surface area contributed by atoms with Crippen LogP contribution in [-0.4, -0.2) is 57.2 Å². The summed E-state index contributed by atoms with van der Waals surface area (Å²) in [4.78, 5) is 36.7. The van der Waals surface area contributed by atoms with Crippen LogP contribution in [0.5, 0.6) is 0 Å². The van der Waals surface area contributed by atoms with Gasteiger partial charge in [-0.25, -0.2) is 4.79 Å². The maximum absolute atomic E-state index is 12.6. The number of aliphatic hydroxyl groups is 2. The molecule has 2 rings (SSSR count). The first-order chi connectivity index (χ1) is 11.9. The highest BCUT2D eigenvalue weighted by molar-refractivity contribution is 5.75. The molecule has 1 aliphatic rings. The molecule has 0 aliphatic carbocycles. The van der Waals surface area contributed by atoms with Gasteiger partial charge in [0, 0.05) is 24.7 Å². The number of nitrogens with zero attached hydrogens (tertiary/aromatic N) is 2. The molecule has 1 aliphatic heterocycles. The fourth-order valence-electron chi connectivity index (χ4n) is 2.68. The highest BCUT2D eigenvalue weighted by Crippen LogP contribution is 2.27. The molecule has 140 valence electrons. The minimum Gasteiger partial charge on any atom is -0.394 e. The van der Waals surface area contributed by atoms with E-state index < -0.39 is 42.1 Å². The quantitative estimate of drug-likeness (QED) is 0.392. The molecule has 2 heterocycles. The Kier molecular flexibility index (Phi) is 6.48. The molecule has 0 unspecified atom stereocenters. The van der Waals surface area contributed by atoms with Crippen molar-refractivity contribution >= 4 is 5.91 Å². The van der Waals surface area contributed by atoms with Crippen LogP contribution in [0.25, 0.3) is 0 Å². The number of aliphatic hydroxyl groups excluding tert-OH is 2. The highest BCUT2D eigenvalue weighted by Gasteiger charge is 2.35. The second-order valence-corrected chi connectivity index (χ2v) is 6.00. The number of hydrogen-bond acceptors (Lipinski definition) is 7. The summed E-state index contributed by atoms with van der Waals surface area (Å²) >= 11 is 0. The largest absolute Gasteiger partial charge is 0.394 e. The maximum Gasteiger partial charge on any atom is 0.333 e. The first-order valence-corrected chi connectivity index (χ1v) is 8.12. The Morgan fingerprint density at radius 1 is 1.48 bits per heavy atom. The van der Waals surface area contributed by atoms with E-state index in [1.807, 2.05) is 0 Å². The van der Waals surface area contributed by atoms with Crippen molar-refractivity contribution in [1.82, 2.24) is 14.5 Å². The van der Waals surface area contributed by atoms with Gasteiger partial charge < -0.3 is 26.0 Å². The third kappa shape index (κ3) is 4.34. The Hall–Kier alpha value is -2.01. The van der Waals surface area contributed by atoms with Gasteiger partial charge in [0.15, 0.2) is 0 Å². The number of carbonyl (C=O) groups excluding carboxylic acids is 1. The Labute approximate surface area is 143 Å². The average molecular weight is 356 g/mol. The van der Waals surface area contributed by atoms with E-state index >= 15 is 0 Å². The number of aryl methyl sites for hydroxylation is 1. The smallest absolute Gasteiger partial charge is 0.333 e. The molecule has 1 aromatic rings. The standard InChI is InChI=1S/C15H24N4O6/c1-9-6-18(13-5-10(21)11(8-20)25-13)15(24)19(14(9)23)7-12(22)17-4-2-3-16/h6,10-11,13,20-21H,2-5,7-8,16H2,1H3,(H,17,22)/t10-,11+,13+/m0/s1. The fourth-order valence-corrected chi connectivity index (χ4v) is 2.68. The minimum absolute atomic E-state index is 0.103. The molecule has 1 amide bonds. The summed E-state index contributed by atoms with van der Waals surface area (Å²) in [5.41, 5.74) is 4.34. The van der Waals surface area contributed by atoms with Crippen LogP contribution in [0.4, 0.5) is 0 Å². The van der Waals surface area contributed by atoms with Gasteiger partial charge in [0.2, 0.25) is 5.91 Å². The topological polar surface area (TPSA) is 149 Å². The van der Waals surface area contributed by atoms with E-state index in [2.05, 4.69) is 5.32 Å². The third-order valence-corrected chi connectivity index (χ3v) is 4.07.